The van der Waals surface area contributed by atoms with E-state index in [2.05, 4.69) is 0 Å². The van der Waals surface area contributed by atoms with Crippen molar-refractivity contribution >= 4 is 29.0 Å². The zero-order valence-electron chi connectivity index (χ0n) is 11.6. The van der Waals surface area contributed by atoms with Crippen LogP contribution in [0.1, 0.15) is 17.3 Å². The average Bonchev–Trinajstić information content (AvgIpc) is 2.45. The standard InChI is InChI=1S/C16H14Cl2O3/c1-10(21-15-8-12(17)7-13(18)9-15)16(19)11-3-5-14(20-2)6-4-11/h3-10H,1-2H3. The Morgan fingerprint density at radius 3 is 2.10 bits per heavy atom. The quantitative estimate of drug-likeness (QED) is 0.751. The molecule has 1 unspecified atom stereocenters. The molecule has 110 valence electrons. The van der Waals surface area contributed by atoms with Crippen LogP contribution in [-0.2, 0) is 0 Å². The van der Waals surface area contributed by atoms with Crippen LogP contribution in [0.3, 0.4) is 0 Å². The molecule has 0 fully saturated rings. The fourth-order valence-electron chi connectivity index (χ4n) is 1.84. The highest BCUT2D eigenvalue weighted by atomic mass is 35.5. The van der Waals surface area contributed by atoms with Gasteiger partial charge in [0.15, 0.2) is 6.10 Å². The van der Waals surface area contributed by atoms with Crippen LogP contribution in [0.5, 0.6) is 11.5 Å². The third kappa shape index (κ3) is 4.13. The minimum Gasteiger partial charge on any atom is -0.497 e. The Balaban J connectivity index is 2.11. The lowest BCUT2D eigenvalue weighted by atomic mass is 10.1. The summed E-state index contributed by atoms with van der Waals surface area (Å²) in [6.45, 7) is 1.68. The van der Waals surface area contributed by atoms with Gasteiger partial charge in [0.05, 0.1) is 7.11 Å². The molecule has 2 aromatic rings. The fourth-order valence-corrected chi connectivity index (χ4v) is 2.35. The van der Waals surface area contributed by atoms with E-state index in [4.69, 9.17) is 32.7 Å². The van der Waals surface area contributed by atoms with Gasteiger partial charge < -0.3 is 9.47 Å². The minimum atomic E-state index is -0.645. The molecule has 0 saturated carbocycles. The van der Waals surface area contributed by atoms with E-state index in [9.17, 15) is 4.79 Å². The van der Waals surface area contributed by atoms with E-state index in [1.165, 1.54) is 0 Å². The SMILES string of the molecule is COc1ccc(C(=O)C(C)Oc2cc(Cl)cc(Cl)c2)cc1. The summed E-state index contributed by atoms with van der Waals surface area (Å²) in [6, 6.07) is 11.7. The lowest BCUT2D eigenvalue weighted by Gasteiger charge is -2.14. The van der Waals surface area contributed by atoms with Crippen LogP contribution in [0.25, 0.3) is 0 Å². The summed E-state index contributed by atoms with van der Waals surface area (Å²) >= 11 is 11.8. The van der Waals surface area contributed by atoms with Gasteiger partial charge >= 0.3 is 0 Å². The molecule has 21 heavy (non-hydrogen) atoms. The molecule has 0 amide bonds. The zero-order valence-corrected chi connectivity index (χ0v) is 13.1. The molecule has 2 rings (SSSR count). The first-order chi connectivity index (χ1) is 9.99. The number of rotatable bonds is 5. The van der Waals surface area contributed by atoms with E-state index < -0.39 is 6.10 Å². The fraction of sp³-hybridized carbons (Fsp3) is 0.188. The van der Waals surface area contributed by atoms with Crippen molar-refractivity contribution in [2.24, 2.45) is 0 Å². The predicted octanol–water partition coefficient (Wildman–Crippen LogP) is 4.65. The summed E-state index contributed by atoms with van der Waals surface area (Å²) in [7, 11) is 1.57. The van der Waals surface area contributed by atoms with E-state index >= 15 is 0 Å². The lowest BCUT2D eigenvalue weighted by molar-refractivity contribution is 0.0818. The second-order valence-electron chi connectivity index (χ2n) is 4.46. The number of ether oxygens (including phenoxy) is 2. The monoisotopic (exact) mass is 324 g/mol. The largest absolute Gasteiger partial charge is 0.497 e. The van der Waals surface area contributed by atoms with E-state index in [0.29, 0.717) is 27.1 Å². The minimum absolute atomic E-state index is 0.131. The van der Waals surface area contributed by atoms with Crippen molar-refractivity contribution in [2.75, 3.05) is 7.11 Å². The number of halogens is 2. The Kier molecular flexibility index (Phi) is 5.10. The first-order valence-corrected chi connectivity index (χ1v) is 7.06. The molecule has 0 radical (unpaired) electrons. The van der Waals surface area contributed by atoms with Gasteiger partial charge in [0.1, 0.15) is 11.5 Å². The third-order valence-electron chi connectivity index (χ3n) is 2.89. The van der Waals surface area contributed by atoms with Crippen LogP contribution in [0.4, 0.5) is 0 Å². The number of hydrogen-bond donors (Lipinski definition) is 0. The average molecular weight is 325 g/mol. The topological polar surface area (TPSA) is 35.5 Å². The summed E-state index contributed by atoms with van der Waals surface area (Å²) in [5.41, 5.74) is 0.552. The van der Waals surface area contributed by atoms with Gasteiger partial charge in [0, 0.05) is 15.6 Å². The van der Waals surface area contributed by atoms with Crippen LogP contribution in [0.2, 0.25) is 10.0 Å². The molecule has 5 heteroatoms. The van der Waals surface area contributed by atoms with E-state index in [-0.39, 0.29) is 5.78 Å². The van der Waals surface area contributed by atoms with Crippen molar-refractivity contribution in [3.63, 3.8) is 0 Å². The molecule has 0 aliphatic rings. The maximum Gasteiger partial charge on any atom is 0.202 e. The maximum absolute atomic E-state index is 12.3. The Bertz CT molecular complexity index is 618. The van der Waals surface area contributed by atoms with Crippen LogP contribution in [0.15, 0.2) is 42.5 Å². The Morgan fingerprint density at radius 1 is 1.00 bits per heavy atom. The second kappa shape index (κ2) is 6.83. The molecule has 0 bridgehead atoms. The summed E-state index contributed by atoms with van der Waals surface area (Å²) in [4.78, 5) is 12.3. The first kappa shape index (κ1) is 15.7. The molecule has 3 nitrogen and oxygen atoms in total. The molecule has 0 spiro atoms. The number of carbonyl (C=O) groups excluding carboxylic acids is 1. The summed E-state index contributed by atoms with van der Waals surface area (Å²) in [5.74, 6) is 1.03. The maximum atomic E-state index is 12.3. The molecular formula is C16H14Cl2O3. The van der Waals surface area contributed by atoms with Crippen LogP contribution in [0, 0.1) is 0 Å². The molecule has 0 N–H and O–H groups in total. The van der Waals surface area contributed by atoms with Gasteiger partial charge in [-0.05, 0) is 49.4 Å². The highest BCUT2D eigenvalue weighted by molar-refractivity contribution is 6.34. The second-order valence-corrected chi connectivity index (χ2v) is 5.33. The molecule has 1 atom stereocenters. The van der Waals surface area contributed by atoms with Gasteiger partial charge in [0.25, 0.3) is 0 Å². The smallest absolute Gasteiger partial charge is 0.202 e. The van der Waals surface area contributed by atoms with Gasteiger partial charge in [0.2, 0.25) is 5.78 Å². The number of carbonyl (C=O) groups is 1. The Morgan fingerprint density at radius 2 is 1.57 bits per heavy atom. The van der Waals surface area contributed by atoms with Crippen molar-refractivity contribution in [2.45, 2.75) is 13.0 Å². The van der Waals surface area contributed by atoms with Crippen molar-refractivity contribution < 1.29 is 14.3 Å². The molecular weight excluding hydrogens is 311 g/mol. The van der Waals surface area contributed by atoms with E-state index in [1.54, 1.807) is 56.5 Å². The third-order valence-corrected chi connectivity index (χ3v) is 3.33. The zero-order chi connectivity index (χ0) is 15.4. The van der Waals surface area contributed by atoms with Crippen molar-refractivity contribution in [3.05, 3.63) is 58.1 Å². The summed E-state index contributed by atoms with van der Waals surface area (Å²) in [6.07, 6.45) is -0.645. The molecule has 0 heterocycles. The molecule has 0 aromatic heterocycles. The predicted molar refractivity (Wildman–Crippen MR) is 83.9 cm³/mol. The molecule has 0 aliphatic heterocycles. The molecule has 0 aliphatic carbocycles. The molecule has 2 aromatic carbocycles. The normalized spacial score (nSPS) is 11.8. The Hall–Kier alpha value is -1.71. The Labute approximate surface area is 133 Å². The first-order valence-electron chi connectivity index (χ1n) is 6.30. The van der Waals surface area contributed by atoms with Crippen LogP contribution < -0.4 is 9.47 Å². The lowest BCUT2D eigenvalue weighted by Crippen LogP contribution is -2.23. The van der Waals surface area contributed by atoms with Crippen LogP contribution >= 0.6 is 23.2 Å². The highest BCUT2D eigenvalue weighted by Gasteiger charge is 2.17. The summed E-state index contributed by atoms with van der Waals surface area (Å²) < 4.78 is 10.7. The number of methoxy groups -OCH3 is 1. The number of hydrogen-bond acceptors (Lipinski definition) is 3. The van der Waals surface area contributed by atoms with Crippen molar-refractivity contribution in [1.29, 1.82) is 0 Å². The number of benzene rings is 2. The van der Waals surface area contributed by atoms with Gasteiger partial charge in [-0.15, -0.1) is 0 Å². The van der Waals surface area contributed by atoms with Crippen molar-refractivity contribution in [3.8, 4) is 11.5 Å². The van der Waals surface area contributed by atoms with E-state index in [1.807, 2.05) is 0 Å². The van der Waals surface area contributed by atoms with Gasteiger partial charge in [-0.1, -0.05) is 23.2 Å². The van der Waals surface area contributed by atoms with Gasteiger partial charge in [-0.3, -0.25) is 4.79 Å². The highest BCUT2D eigenvalue weighted by Crippen LogP contribution is 2.25. The van der Waals surface area contributed by atoms with Crippen molar-refractivity contribution in [1.82, 2.24) is 0 Å². The molecule has 0 saturated heterocycles. The van der Waals surface area contributed by atoms with Gasteiger partial charge in [-0.25, -0.2) is 0 Å². The summed E-state index contributed by atoms with van der Waals surface area (Å²) in [5, 5.41) is 0.920. The van der Waals surface area contributed by atoms with Crippen LogP contribution in [-0.4, -0.2) is 19.0 Å². The number of ketones is 1. The van der Waals surface area contributed by atoms with E-state index in [0.717, 1.165) is 0 Å². The van der Waals surface area contributed by atoms with Gasteiger partial charge in [-0.2, -0.15) is 0 Å². The number of Topliss-reactive ketones (excluding diaryl/α,β-unsaturated/α-hetero) is 1.